The molecular weight excluding hydrogens is 324 g/mol. The lowest BCUT2D eigenvalue weighted by molar-refractivity contribution is -0.139. The van der Waals surface area contributed by atoms with Crippen LogP contribution in [0.4, 0.5) is 10.6 Å². The van der Waals surface area contributed by atoms with Crippen LogP contribution in [-0.4, -0.2) is 63.3 Å². The van der Waals surface area contributed by atoms with Gasteiger partial charge in [0.05, 0.1) is 6.54 Å². The molecule has 1 aromatic rings. The molecule has 8 nitrogen and oxygen atoms in total. The van der Waals surface area contributed by atoms with Crippen molar-refractivity contribution in [3.63, 3.8) is 0 Å². The fourth-order valence-corrected chi connectivity index (χ4v) is 2.39. The van der Waals surface area contributed by atoms with E-state index in [9.17, 15) is 14.7 Å². The molecule has 2 rings (SSSR count). The molecule has 1 aromatic heterocycles. The molecular formula is C14H19ClN4O4. The second-order valence-corrected chi connectivity index (χ2v) is 6.50. The molecule has 0 bridgehead atoms. The van der Waals surface area contributed by atoms with Gasteiger partial charge in [-0.15, -0.1) is 0 Å². The Hall–Kier alpha value is -2.09. The summed E-state index contributed by atoms with van der Waals surface area (Å²) in [6, 6.07) is 0.660. The predicted molar refractivity (Wildman–Crippen MR) is 83.6 cm³/mol. The highest BCUT2D eigenvalue weighted by Crippen LogP contribution is 2.21. The smallest absolute Gasteiger partial charge is 0.410 e. The van der Waals surface area contributed by atoms with Crippen LogP contribution in [0.5, 0.6) is 0 Å². The highest BCUT2D eigenvalue weighted by molar-refractivity contribution is 6.28. The summed E-state index contributed by atoms with van der Waals surface area (Å²) < 4.78 is 5.29. The van der Waals surface area contributed by atoms with Gasteiger partial charge >= 0.3 is 12.1 Å². The molecule has 1 amide bonds. The van der Waals surface area contributed by atoms with Gasteiger partial charge in [-0.3, -0.25) is 0 Å². The van der Waals surface area contributed by atoms with Gasteiger partial charge in [0.2, 0.25) is 5.28 Å². The molecule has 0 saturated carbocycles. The number of hydrogen-bond donors (Lipinski definition) is 1. The van der Waals surface area contributed by atoms with E-state index in [-0.39, 0.29) is 11.8 Å². The zero-order chi connectivity index (χ0) is 17.2. The third-order valence-corrected chi connectivity index (χ3v) is 3.40. The monoisotopic (exact) mass is 342 g/mol. The van der Waals surface area contributed by atoms with Crippen molar-refractivity contribution in [2.45, 2.75) is 32.4 Å². The van der Waals surface area contributed by atoms with Gasteiger partial charge in [0.15, 0.2) is 0 Å². The van der Waals surface area contributed by atoms with E-state index in [4.69, 9.17) is 16.3 Å². The van der Waals surface area contributed by atoms with Crippen molar-refractivity contribution in [1.29, 1.82) is 0 Å². The van der Waals surface area contributed by atoms with Crippen LogP contribution in [0, 0.1) is 0 Å². The highest BCUT2D eigenvalue weighted by atomic mass is 35.5. The van der Waals surface area contributed by atoms with Crippen molar-refractivity contribution in [3.05, 3.63) is 17.5 Å². The number of carboxylic acid groups (broad SMARTS) is 1. The molecule has 0 unspecified atom stereocenters. The molecule has 23 heavy (non-hydrogen) atoms. The minimum Gasteiger partial charge on any atom is -0.480 e. The summed E-state index contributed by atoms with van der Waals surface area (Å²) in [7, 11) is 0. The molecule has 1 N–H and O–H groups in total. The van der Waals surface area contributed by atoms with Crippen LogP contribution >= 0.6 is 11.6 Å². The van der Waals surface area contributed by atoms with Gasteiger partial charge in [0, 0.05) is 19.3 Å². The van der Waals surface area contributed by atoms with Crippen LogP contribution < -0.4 is 4.90 Å². The minimum absolute atomic E-state index is 0.00582. The Morgan fingerprint density at radius 2 is 2.09 bits per heavy atom. The Morgan fingerprint density at radius 1 is 1.39 bits per heavy atom. The molecule has 0 radical (unpaired) electrons. The number of carbonyl (C=O) groups is 2. The summed E-state index contributed by atoms with van der Waals surface area (Å²) in [5.41, 5.74) is -0.632. The Morgan fingerprint density at radius 3 is 2.65 bits per heavy atom. The summed E-state index contributed by atoms with van der Waals surface area (Å²) >= 11 is 5.76. The van der Waals surface area contributed by atoms with Gasteiger partial charge < -0.3 is 19.6 Å². The quantitative estimate of drug-likeness (QED) is 0.816. The van der Waals surface area contributed by atoms with Gasteiger partial charge in [-0.2, -0.15) is 0 Å². The molecule has 0 aromatic carbocycles. The van der Waals surface area contributed by atoms with E-state index >= 15 is 0 Å². The predicted octanol–water partition coefficient (Wildman–Crippen LogP) is 1.64. The molecule has 2 heterocycles. The summed E-state index contributed by atoms with van der Waals surface area (Å²) in [6.45, 7) is 5.94. The van der Waals surface area contributed by atoms with Crippen molar-refractivity contribution in [1.82, 2.24) is 14.9 Å². The number of anilines is 1. The number of amides is 1. The fourth-order valence-electron chi connectivity index (χ4n) is 2.25. The highest BCUT2D eigenvalue weighted by Gasteiger charge is 2.36. The van der Waals surface area contributed by atoms with E-state index < -0.39 is 23.7 Å². The lowest BCUT2D eigenvalue weighted by Gasteiger charge is -2.40. The summed E-state index contributed by atoms with van der Waals surface area (Å²) in [4.78, 5) is 34.5. The summed E-state index contributed by atoms with van der Waals surface area (Å²) in [6.07, 6.45) is 0.938. The maximum atomic E-state index is 12.1. The van der Waals surface area contributed by atoms with Crippen LogP contribution in [0.15, 0.2) is 12.3 Å². The van der Waals surface area contributed by atoms with E-state index in [0.29, 0.717) is 18.9 Å². The van der Waals surface area contributed by atoms with E-state index in [1.54, 1.807) is 31.7 Å². The van der Waals surface area contributed by atoms with Gasteiger partial charge in [0.25, 0.3) is 0 Å². The maximum Gasteiger partial charge on any atom is 0.410 e. The van der Waals surface area contributed by atoms with Crippen LogP contribution in [-0.2, 0) is 9.53 Å². The number of aromatic nitrogens is 2. The molecule has 0 aliphatic carbocycles. The minimum atomic E-state index is -1.05. The summed E-state index contributed by atoms with van der Waals surface area (Å²) in [5.74, 6) is -0.630. The molecule has 0 spiro atoms. The number of hydrogen-bond acceptors (Lipinski definition) is 6. The van der Waals surface area contributed by atoms with Gasteiger partial charge in [0.1, 0.15) is 17.5 Å². The number of nitrogens with zero attached hydrogens (tertiary/aromatic N) is 4. The number of ether oxygens (including phenoxy) is 1. The van der Waals surface area contributed by atoms with Gasteiger partial charge in [-0.05, 0) is 38.4 Å². The molecule has 1 aliphatic rings. The van der Waals surface area contributed by atoms with Crippen LogP contribution in [0.2, 0.25) is 5.28 Å². The van der Waals surface area contributed by atoms with E-state index in [2.05, 4.69) is 9.97 Å². The number of carbonyl (C=O) groups excluding carboxylic acids is 1. The Balaban J connectivity index is 2.15. The van der Waals surface area contributed by atoms with Crippen molar-refractivity contribution >= 4 is 29.5 Å². The Kier molecular flexibility index (Phi) is 4.93. The number of piperazine rings is 1. The zero-order valence-corrected chi connectivity index (χ0v) is 13.9. The maximum absolute atomic E-state index is 12.1. The van der Waals surface area contributed by atoms with E-state index in [0.717, 1.165) is 0 Å². The largest absolute Gasteiger partial charge is 0.480 e. The second kappa shape index (κ2) is 6.57. The Bertz CT molecular complexity index is 605. The van der Waals surface area contributed by atoms with Crippen molar-refractivity contribution in [2.24, 2.45) is 0 Å². The third-order valence-electron chi connectivity index (χ3n) is 3.22. The first-order valence-electron chi connectivity index (χ1n) is 7.13. The van der Waals surface area contributed by atoms with Gasteiger partial charge in [-0.25, -0.2) is 19.6 Å². The normalized spacial score (nSPS) is 18.7. The van der Waals surface area contributed by atoms with E-state index in [1.807, 2.05) is 0 Å². The standard InChI is InChI=1S/C14H19ClN4O4/c1-14(2,3)23-13(22)18-6-7-19(9(8-18)11(20)21)10-4-5-16-12(15)17-10/h4-5,9H,6-8H2,1-3H3,(H,20,21)/t9-/m1/s1. The molecule has 1 atom stereocenters. The van der Waals surface area contributed by atoms with E-state index in [1.165, 1.54) is 11.1 Å². The van der Waals surface area contributed by atoms with Crippen LogP contribution in [0.25, 0.3) is 0 Å². The number of rotatable bonds is 2. The summed E-state index contributed by atoms with van der Waals surface area (Å²) in [5, 5.41) is 9.52. The van der Waals surface area contributed by atoms with Gasteiger partial charge in [-0.1, -0.05) is 0 Å². The third kappa shape index (κ3) is 4.44. The first-order chi connectivity index (χ1) is 10.7. The first-order valence-corrected chi connectivity index (χ1v) is 7.51. The van der Waals surface area contributed by atoms with Crippen molar-refractivity contribution in [3.8, 4) is 0 Å². The number of aliphatic carboxylic acids is 1. The first kappa shape index (κ1) is 17.3. The zero-order valence-electron chi connectivity index (χ0n) is 13.2. The molecule has 1 saturated heterocycles. The topological polar surface area (TPSA) is 95.9 Å². The SMILES string of the molecule is CC(C)(C)OC(=O)N1CCN(c2ccnc(Cl)n2)[C@@H](C(=O)O)C1. The number of halogens is 1. The molecule has 126 valence electrons. The molecule has 1 fully saturated rings. The van der Waals surface area contributed by atoms with Crippen molar-refractivity contribution in [2.75, 3.05) is 24.5 Å². The molecule has 1 aliphatic heterocycles. The fraction of sp³-hybridized carbons (Fsp3) is 0.571. The number of carboxylic acids is 1. The Labute approximate surface area is 139 Å². The van der Waals surface area contributed by atoms with Crippen molar-refractivity contribution < 1.29 is 19.4 Å². The average molecular weight is 343 g/mol. The van der Waals surface area contributed by atoms with Crippen LogP contribution in [0.1, 0.15) is 20.8 Å². The lowest BCUT2D eigenvalue weighted by Crippen LogP contribution is -2.58. The van der Waals surface area contributed by atoms with Crippen LogP contribution in [0.3, 0.4) is 0 Å². The molecule has 9 heteroatoms. The second-order valence-electron chi connectivity index (χ2n) is 6.16. The average Bonchev–Trinajstić information content (AvgIpc) is 2.44. The lowest BCUT2D eigenvalue weighted by atomic mass is 10.1.